The van der Waals surface area contributed by atoms with Crippen molar-refractivity contribution in [2.45, 2.75) is 13.0 Å². The topological polar surface area (TPSA) is 54.2 Å². The Morgan fingerprint density at radius 3 is 2.35 bits per heavy atom. The van der Waals surface area contributed by atoms with Gasteiger partial charge in [0.25, 0.3) is 0 Å². The van der Waals surface area contributed by atoms with Gasteiger partial charge < -0.3 is 10.6 Å². The maximum Gasteiger partial charge on any atom is 0.191 e. The van der Waals surface area contributed by atoms with E-state index in [0.29, 0.717) is 0 Å². The van der Waals surface area contributed by atoms with Crippen molar-refractivity contribution >= 4 is 29.9 Å². The van der Waals surface area contributed by atoms with E-state index in [1.54, 1.807) is 7.05 Å². The Morgan fingerprint density at radius 2 is 1.65 bits per heavy atom. The van der Waals surface area contributed by atoms with E-state index >= 15 is 0 Å². The highest BCUT2D eigenvalue weighted by molar-refractivity contribution is 14.0. The molecule has 5 nitrogen and oxygen atoms in total. The summed E-state index contributed by atoms with van der Waals surface area (Å²) in [6.07, 6.45) is 4.87. The van der Waals surface area contributed by atoms with Crippen LogP contribution in [0.3, 0.4) is 0 Å². The first-order chi connectivity index (χ1) is 12.3. The van der Waals surface area contributed by atoms with Gasteiger partial charge in [0.1, 0.15) is 0 Å². The van der Waals surface area contributed by atoms with E-state index in [0.717, 1.165) is 31.2 Å². The number of aromatic nitrogens is 2. The molecule has 3 aromatic rings. The van der Waals surface area contributed by atoms with Crippen molar-refractivity contribution in [3.05, 3.63) is 84.2 Å². The van der Waals surface area contributed by atoms with Gasteiger partial charge in [-0.05, 0) is 29.7 Å². The van der Waals surface area contributed by atoms with Crippen molar-refractivity contribution in [1.82, 2.24) is 20.4 Å². The molecular formula is C20H24IN5. The predicted octanol–water partition coefficient (Wildman–Crippen LogP) is 3.40. The second kappa shape index (κ2) is 10.6. The van der Waals surface area contributed by atoms with Crippen LogP contribution in [0, 0.1) is 0 Å². The second-order valence-electron chi connectivity index (χ2n) is 5.72. The molecule has 0 amide bonds. The average Bonchev–Trinajstić information content (AvgIpc) is 3.15. The first-order valence-corrected chi connectivity index (χ1v) is 8.42. The lowest BCUT2D eigenvalue weighted by atomic mass is 10.2. The molecule has 6 heteroatoms. The molecule has 0 saturated carbocycles. The molecule has 2 aromatic carbocycles. The van der Waals surface area contributed by atoms with Crippen LogP contribution in [-0.4, -0.2) is 29.3 Å². The lowest BCUT2D eigenvalue weighted by Crippen LogP contribution is -2.37. The molecule has 3 rings (SSSR count). The lowest BCUT2D eigenvalue weighted by molar-refractivity contribution is 0.794. The van der Waals surface area contributed by atoms with Crippen LogP contribution in [0.1, 0.15) is 11.1 Å². The molecule has 0 radical (unpaired) electrons. The van der Waals surface area contributed by atoms with Crippen LogP contribution in [0.2, 0.25) is 0 Å². The number of para-hydroxylation sites is 1. The summed E-state index contributed by atoms with van der Waals surface area (Å²) in [5.41, 5.74) is 3.49. The zero-order valence-electron chi connectivity index (χ0n) is 14.8. The fourth-order valence-electron chi connectivity index (χ4n) is 2.54. The van der Waals surface area contributed by atoms with Crippen LogP contribution in [0.4, 0.5) is 0 Å². The Hall–Kier alpha value is -2.35. The normalized spacial score (nSPS) is 10.9. The number of nitrogens with one attached hydrogen (secondary N) is 2. The van der Waals surface area contributed by atoms with E-state index in [-0.39, 0.29) is 24.0 Å². The molecule has 136 valence electrons. The molecule has 0 fully saturated rings. The third kappa shape index (κ3) is 5.87. The predicted molar refractivity (Wildman–Crippen MR) is 117 cm³/mol. The minimum atomic E-state index is 0. The van der Waals surface area contributed by atoms with Gasteiger partial charge in [0, 0.05) is 26.3 Å². The van der Waals surface area contributed by atoms with Gasteiger partial charge >= 0.3 is 0 Å². The Bertz CT molecular complexity index is 799. The van der Waals surface area contributed by atoms with E-state index in [2.05, 4.69) is 39.1 Å². The molecule has 0 saturated heterocycles. The van der Waals surface area contributed by atoms with Gasteiger partial charge in [-0.2, -0.15) is 5.10 Å². The Kier molecular flexibility index (Phi) is 8.14. The summed E-state index contributed by atoms with van der Waals surface area (Å²) in [5, 5.41) is 11.1. The molecule has 0 aliphatic carbocycles. The van der Waals surface area contributed by atoms with Gasteiger partial charge in [-0.1, -0.05) is 48.5 Å². The Balaban J connectivity index is 0.00000243. The maximum atomic E-state index is 4.42. The second-order valence-corrected chi connectivity index (χ2v) is 5.72. The minimum Gasteiger partial charge on any atom is -0.356 e. The number of halogens is 1. The van der Waals surface area contributed by atoms with Gasteiger partial charge in [-0.3, -0.25) is 4.99 Å². The highest BCUT2D eigenvalue weighted by atomic mass is 127. The summed E-state index contributed by atoms with van der Waals surface area (Å²) >= 11 is 0. The first kappa shape index (κ1) is 20.0. The van der Waals surface area contributed by atoms with Crippen molar-refractivity contribution in [1.29, 1.82) is 0 Å². The smallest absolute Gasteiger partial charge is 0.191 e. The number of hydrogen-bond acceptors (Lipinski definition) is 2. The zero-order valence-corrected chi connectivity index (χ0v) is 17.1. The molecule has 0 bridgehead atoms. The fraction of sp³-hybridized carbons (Fsp3) is 0.200. The van der Waals surface area contributed by atoms with Crippen LogP contribution in [0.25, 0.3) is 5.69 Å². The number of nitrogens with zero attached hydrogens (tertiary/aromatic N) is 3. The molecule has 1 aromatic heterocycles. The van der Waals surface area contributed by atoms with Gasteiger partial charge in [0.15, 0.2) is 5.96 Å². The van der Waals surface area contributed by atoms with E-state index in [1.807, 2.05) is 59.4 Å². The van der Waals surface area contributed by atoms with Crippen molar-refractivity contribution in [2.75, 3.05) is 13.6 Å². The highest BCUT2D eigenvalue weighted by Gasteiger charge is 2.02. The Labute approximate surface area is 171 Å². The number of guanidine groups is 1. The molecule has 2 N–H and O–H groups in total. The van der Waals surface area contributed by atoms with Crippen LogP contribution >= 0.6 is 24.0 Å². The van der Waals surface area contributed by atoms with Crippen molar-refractivity contribution < 1.29 is 0 Å². The van der Waals surface area contributed by atoms with Crippen molar-refractivity contribution in [3.63, 3.8) is 0 Å². The SMILES string of the molecule is CN=C(NCCc1cnn(-c2ccccc2)c1)NCc1ccccc1.I. The van der Waals surface area contributed by atoms with E-state index < -0.39 is 0 Å². The van der Waals surface area contributed by atoms with Crippen LogP contribution in [0.15, 0.2) is 78.0 Å². The molecule has 26 heavy (non-hydrogen) atoms. The lowest BCUT2D eigenvalue weighted by Gasteiger charge is -2.11. The third-order valence-corrected chi connectivity index (χ3v) is 3.89. The molecule has 0 unspecified atom stereocenters. The quantitative estimate of drug-likeness (QED) is 0.336. The molecule has 0 spiro atoms. The van der Waals surface area contributed by atoms with Gasteiger partial charge in [-0.15, -0.1) is 24.0 Å². The average molecular weight is 461 g/mol. The fourth-order valence-corrected chi connectivity index (χ4v) is 2.54. The summed E-state index contributed by atoms with van der Waals surface area (Å²) in [4.78, 5) is 4.26. The van der Waals surface area contributed by atoms with E-state index in [4.69, 9.17) is 0 Å². The molecular weight excluding hydrogens is 437 g/mol. The summed E-state index contributed by atoms with van der Waals surface area (Å²) in [7, 11) is 1.79. The van der Waals surface area contributed by atoms with E-state index in [9.17, 15) is 0 Å². The summed E-state index contributed by atoms with van der Waals surface area (Å²) in [6, 6.07) is 20.4. The molecule has 0 aliphatic heterocycles. The van der Waals surface area contributed by atoms with E-state index in [1.165, 1.54) is 11.1 Å². The van der Waals surface area contributed by atoms with Crippen LogP contribution in [-0.2, 0) is 13.0 Å². The zero-order chi connectivity index (χ0) is 17.3. The van der Waals surface area contributed by atoms with Crippen LogP contribution < -0.4 is 10.6 Å². The molecule has 1 heterocycles. The maximum absolute atomic E-state index is 4.42. The summed E-state index contributed by atoms with van der Waals surface area (Å²) in [6.45, 7) is 1.56. The largest absolute Gasteiger partial charge is 0.356 e. The number of hydrogen-bond donors (Lipinski definition) is 2. The first-order valence-electron chi connectivity index (χ1n) is 8.42. The monoisotopic (exact) mass is 461 g/mol. The summed E-state index contributed by atoms with van der Waals surface area (Å²) in [5.74, 6) is 0.805. The molecule has 0 atom stereocenters. The minimum absolute atomic E-state index is 0. The third-order valence-electron chi connectivity index (χ3n) is 3.89. The highest BCUT2D eigenvalue weighted by Crippen LogP contribution is 2.07. The standard InChI is InChI=1S/C20H23N5.HI/c1-21-20(23-14-17-8-4-2-5-9-17)22-13-12-18-15-24-25(16-18)19-10-6-3-7-11-19;/h2-11,15-16H,12-14H2,1H3,(H2,21,22,23);1H. The van der Waals surface area contributed by atoms with Crippen LogP contribution in [0.5, 0.6) is 0 Å². The van der Waals surface area contributed by atoms with Gasteiger partial charge in [0.05, 0.1) is 11.9 Å². The molecule has 0 aliphatic rings. The number of aliphatic imine (C=N–C) groups is 1. The van der Waals surface area contributed by atoms with Gasteiger partial charge in [0.2, 0.25) is 0 Å². The van der Waals surface area contributed by atoms with Gasteiger partial charge in [-0.25, -0.2) is 4.68 Å². The Morgan fingerprint density at radius 1 is 0.962 bits per heavy atom. The van der Waals surface area contributed by atoms with Crippen molar-refractivity contribution in [3.8, 4) is 5.69 Å². The number of rotatable bonds is 6. The number of benzene rings is 2. The summed E-state index contributed by atoms with van der Waals surface area (Å²) < 4.78 is 1.90. The van der Waals surface area contributed by atoms with Crippen molar-refractivity contribution in [2.24, 2.45) is 4.99 Å².